The summed E-state index contributed by atoms with van der Waals surface area (Å²) in [5.74, 6) is -3.67. The Kier molecular flexibility index (Phi) is 12.8. The first-order chi connectivity index (χ1) is 29.1. The Morgan fingerprint density at radius 1 is 0.951 bits per heavy atom. The lowest BCUT2D eigenvalue weighted by Gasteiger charge is -2.48. The van der Waals surface area contributed by atoms with Gasteiger partial charge in [0, 0.05) is 57.1 Å². The zero-order valence-electron chi connectivity index (χ0n) is 35.1. The second-order valence-corrected chi connectivity index (χ2v) is 17.1. The van der Waals surface area contributed by atoms with Gasteiger partial charge in [-0.2, -0.15) is 5.06 Å². The Hall–Kier alpha value is -5.45. The number of nitrogens with one attached hydrogen (secondary N) is 2. The van der Waals surface area contributed by atoms with Crippen molar-refractivity contribution in [1.82, 2.24) is 20.6 Å². The number of fused-ring (bicyclic) bond motifs is 4. The van der Waals surface area contributed by atoms with E-state index in [4.69, 9.17) is 23.8 Å². The molecule has 3 N–H and O–H groups in total. The number of ether oxygens (including phenoxy) is 4. The molecule has 4 fully saturated rings. The standard InChI is InChI=1S/C46H54N4O11/c1-44(2,3)58-37(54)22-20-33(28-51)48-35(52)23-24-47-43(56)45-26-34-38-39(60-46(59-38,31-15-8-6-9-16-31)32-17-10-7-11-18-32)41(45)61-50(40(45)42(55)57-34)27-30-14-12-13-29(25-30)19-21-36(53)49(4)5/h6-19,21,25,33-34,38-41,51H,20,22-24,26-28H2,1-5H3,(H,47,56)(H,48,52). The van der Waals surface area contributed by atoms with Gasteiger partial charge in [-0.3, -0.25) is 28.8 Å². The SMILES string of the molecule is CN(C)C(=O)C=Cc1cccc(CN2OC3C4OC(c5ccccc5)(c5ccccc5)OC4C4CC3(C(=O)NCCC(=O)NC(CO)CCC(=O)OC(C)(C)C)C2C(=O)O4)c1. The van der Waals surface area contributed by atoms with Gasteiger partial charge in [-0.15, -0.1) is 0 Å². The number of hydrogen-bond donors (Lipinski definition) is 3. The third-order valence-corrected chi connectivity index (χ3v) is 11.4. The van der Waals surface area contributed by atoms with Crippen LogP contribution in [0.25, 0.3) is 6.08 Å². The van der Waals surface area contributed by atoms with Crippen LogP contribution in [0.3, 0.4) is 0 Å². The lowest BCUT2D eigenvalue weighted by Crippen LogP contribution is -2.69. The number of aliphatic hydroxyl groups is 1. The predicted octanol–water partition coefficient (Wildman–Crippen LogP) is 3.38. The Morgan fingerprint density at radius 2 is 1.62 bits per heavy atom. The minimum Gasteiger partial charge on any atom is -0.460 e. The maximum absolute atomic E-state index is 14.8. The van der Waals surface area contributed by atoms with Crippen LogP contribution in [0, 0.1) is 5.41 Å². The second-order valence-electron chi connectivity index (χ2n) is 17.1. The molecule has 15 nitrogen and oxygen atoms in total. The molecule has 3 aromatic rings. The summed E-state index contributed by atoms with van der Waals surface area (Å²) in [6, 6.07) is 24.4. The van der Waals surface area contributed by atoms with Crippen LogP contribution in [-0.2, 0) is 60.1 Å². The highest BCUT2D eigenvalue weighted by molar-refractivity contribution is 5.94. The number of esters is 2. The number of carbonyl (C=O) groups excluding carboxylic acids is 5. The van der Waals surface area contributed by atoms with Gasteiger partial charge in [-0.1, -0.05) is 84.9 Å². The first-order valence-corrected chi connectivity index (χ1v) is 20.6. The fraction of sp³-hybridized carbons (Fsp3) is 0.457. The minimum atomic E-state index is -1.53. The highest BCUT2D eigenvalue weighted by atomic mass is 16.8. The maximum Gasteiger partial charge on any atom is 0.327 e. The van der Waals surface area contributed by atoms with Gasteiger partial charge in [0.05, 0.1) is 19.2 Å². The van der Waals surface area contributed by atoms with Crippen molar-refractivity contribution >= 4 is 35.7 Å². The fourth-order valence-electron chi connectivity index (χ4n) is 8.63. The number of carbonyl (C=O) groups is 5. The van der Waals surface area contributed by atoms with Gasteiger partial charge in [0.1, 0.15) is 35.4 Å². The highest BCUT2D eigenvalue weighted by Crippen LogP contribution is 2.59. The molecule has 3 aliphatic heterocycles. The van der Waals surface area contributed by atoms with Crippen LogP contribution in [-0.4, -0.2) is 114 Å². The van der Waals surface area contributed by atoms with Gasteiger partial charge in [0.15, 0.2) is 6.04 Å². The Bertz CT molecular complexity index is 2080. The summed E-state index contributed by atoms with van der Waals surface area (Å²) in [6.45, 7) is 4.86. The van der Waals surface area contributed by atoms with Gasteiger partial charge in [0.2, 0.25) is 23.5 Å². The molecule has 3 aromatic carbocycles. The van der Waals surface area contributed by atoms with Crippen LogP contribution < -0.4 is 10.6 Å². The van der Waals surface area contributed by atoms with E-state index in [1.54, 1.807) is 40.9 Å². The number of aliphatic hydroxyl groups excluding tert-OH is 1. The molecule has 4 aliphatic rings. The molecule has 3 heterocycles. The summed E-state index contributed by atoms with van der Waals surface area (Å²) in [7, 11) is 3.33. The molecule has 0 spiro atoms. The topological polar surface area (TPSA) is 182 Å². The summed E-state index contributed by atoms with van der Waals surface area (Å²) < 4.78 is 25.5. The van der Waals surface area contributed by atoms with E-state index in [9.17, 15) is 29.1 Å². The third-order valence-electron chi connectivity index (χ3n) is 11.4. The minimum absolute atomic E-state index is 0.000520. The first-order valence-electron chi connectivity index (χ1n) is 20.6. The average molecular weight is 839 g/mol. The lowest BCUT2D eigenvalue weighted by molar-refractivity contribution is -0.213. The molecule has 15 heteroatoms. The zero-order chi connectivity index (χ0) is 43.5. The van der Waals surface area contributed by atoms with E-state index in [1.807, 2.05) is 84.9 Å². The summed E-state index contributed by atoms with van der Waals surface area (Å²) >= 11 is 0. The van der Waals surface area contributed by atoms with Crippen molar-refractivity contribution in [2.45, 2.75) is 101 Å². The molecule has 3 saturated heterocycles. The van der Waals surface area contributed by atoms with Crippen LogP contribution in [0.2, 0.25) is 0 Å². The van der Waals surface area contributed by atoms with E-state index in [2.05, 4.69) is 10.6 Å². The quantitative estimate of drug-likeness (QED) is 0.150. The average Bonchev–Trinajstić information content (AvgIpc) is 3.81. The van der Waals surface area contributed by atoms with Crippen LogP contribution in [0.5, 0.6) is 0 Å². The monoisotopic (exact) mass is 838 g/mol. The third kappa shape index (κ3) is 9.12. The number of nitrogens with zero attached hydrogens (tertiary/aromatic N) is 2. The second kappa shape index (κ2) is 17.9. The normalized spacial score (nSPS) is 25.6. The molecular weight excluding hydrogens is 785 g/mol. The Morgan fingerprint density at radius 3 is 2.26 bits per heavy atom. The van der Waals surface area contributed by atoms with Gasteiger partial charge < -0.3 is 39.6 Å². The van der Waals surface area contributed by atoms with Crippen molar-refractivity contribution in [2.75, 3.05) is 27.2 Å². The van der Waals surface area contributed by atoms with Gasteiger partial charge >= 0.3 is 11.9 Å². The number of hydrogen-bond acceptors (Lipinski definition) is 12. The number of likely N-dealkylation sites (N-methyl/N-ethyl adjacent to an activating group) is 1. The van der Waals surface area contributed by atoms with Crippen molar-refractivity contribution in [2.24, 2.45) is 5.41 Å². The smallest absolute Gasteiger partial charge is 0.327 e. The molecule has 2 bridgehead atoms. The lowest BCUT2D eigenvalue weighted by atomic mass is 9.62. The van der Waals surface area contributed by atoms with E-state index in [-0.39, 0.29) is 44.7 Å². The largest absolute Gasteiger partial charge is 0.460 e. The molecule has 324 valence electrons. The molecule has 61 heavy (non-hydrogen) atoms. The molecule has 7 atom stereocenters. The van der Waals surface area contributed by atoms with Crippen molar-refractivity contribution in [1.29, 1.82) is 0 Å². The molecule has 7 unspecified atom stereocenters. The van der Waals surface area contributed by atoms with Crippen LogP contribution in [0.4, 0.5) is 0 Å². The van der Waals surface area contributed by atoms with E-state index < -0.39 is 83.7 Å². The summed E-state index contributed by atoms with van der Waals surface area (Å²) in [4.78, 5) is 75.0. The van der Waals surface area contributed by atoms with E-state index in [0.29, 0.717) is 11.1 Å². The molecular formula is C46H54N4O11. The maximum atomic E-state index is 14.8. The Labute approximate surface area is 355 Å². The molecule has 1 saturated carbocycles. The van der Waals surface area contributed by atoms with E-state index in [1.165, 1.54) is 16.0 Å². The number of benzene rings is 3. The molecule has 0 radical (unpaired) electrons. The van der Waals surface area contributed by atoms with E-state index in [0.717, 1.165) is 11.1 Å². The van der Waals surface area contributed by atoms with Crippen LogP contribution in [0.15, 0.2) is 91.0 Å². The van der Waals surface area contributed by atoms with Crippen molar-refractivity contribution in [3.63, 3.8) is 0 Å². The number of rotatable bonds is 15. The van der Waals surface area contributed by atoms with Crippen molar-refractivity contribution < 1.29 is 52.9 Å². The molecule has 7 rings (SSSR count). The summed E-state index contributed by atoms with van der Waals surface area (Å²) in [5.41, 5.74) is 0.714. The van der Waals surface area contributed by atoms with Crippen molar-refractivity contribution in [3.8, 4) is 0 Å². The molecule has 1 aliphatic carbocycles. The number of hydroxylamine groups is 2. The Balaban J connectivity index is 1.15. The summed E-state index contributed by atoms with van der Waals surface area (Å²) in [6.07, 6.45) is -0.377. The fourth-order valence-corrected chi connectivity index (χ4v) is 8.63. The van der Waals surface area contributed by atoms with Crippen molar-refractivity contribution in [3.05, 3.63) is 113 Å². The first kappa shape index (κ1) is 43.6. The van der Waals surface area contributed by atoms with Crippen LogP contribution in [0.1, 0.15) is 68.7 Å². The van der Waals surface area contributed by atoms with Gasteiger partial charge in [-0.25, -0.2) is 0 Å². The van der Waals surface area contributed by atoms with E-state index >= 15 is 0 Å². The van der Waals surface area contributed by atoms with Crippen LogP contribution >= 0.6 is 0 Å². The van der Waals surface area contributed by atoms with Gasteiger partial charge in [-0.05, 0) is 44.4 Å². The van der Waals surface area contributed by atoms with Gasteiger partial charge in [0.25, 0.3) is 0 Å². The predicted molar refractivity (Wildman–Crippen MR) is 220 cm³/mol. The number of amides is 3. The molecule has 0 aromatic heterocycles. The summed E-state index contributed by atoms with van der Waals surface area (Å²) in [5, 5.41) is 17.1. The highest BCUT2D eigenvalue weighted by Gasteiger charge is 2.76. The zero-order valence-corrected chi connectivity index (χ0v) is 35.1. The molecule has 3 amide bonds.